The standard InChI is InChI=1S/C24H36N4O3/c1-5-31-22-9-7-21(8-10-22)28(14-6-13-25)23(29)17-27-15-11-20(12-16-27)24(30)26-19(4)18(2)3/h7-10,18-20H,5-6,11-12,14-17H2,1-4H3,(H,26,30). The third-order valence-electron chi connectivity index (χ3n) is 5.89. The van der Waals surface area contributed by atoms with E-state index in [-0.39, 0.29) is 36.7 Å². The minimum atomic E-state index is -0.0317. The quantitative estimate of drug-likeness (QED) is 0.618. The van der Waals surface area contributed by atoms with Gasteiger partial charge in [-0.3, -0.25) is 14.5 Å². The molecule has 0 radical (unpaired) electrons. The first-order valence-corrected chi connectivity index (χ1v) is 11.3. The number of rotatable bonds is 10. The summed E-state index contributed by atoms with van der Waals surface area (Å²) in [6.45, 7) is 10.8. The fourth-order valence-corrected chi connectivity index (χ4v) is 3.59. The Labute approximate surface area is 186 Å². The van der Waals surface area contributed by atoms with E-state index >= 15 is 0 Å². The summed E-state index contributed by atoms with van der Waals surface area (Å²) < 4.78 is 5.47. The molecule has 0 aliphatic carbocycles. The zero-order valence-corrected chi connectivity index (χ0v) is 19.3. The Kier molecular flexibility index (Phi) is 9.80. The van der Waals surface area contributed by atoms with E-state index in [1.54, 1.807) is 4.90 Å². The Morgan fingerprint density at radius 1 is 1.23 bits per heavy atom. The highest BCUT2D eigenvalue weighted by molar-refractivity contribution is 5.94. The van der Waals surface area contributed by atoms with Gasteiger partial charge in [0.25, 0.3) is 0 Å². The Hall–Kier alpha value is -2.59. The van der Waals surface area contributed by atoms with Crippen molar-refractivity contribution in [2.24, 2.45) is 11.8 Å². The second-order valence-electron chi connectivity index (χ2n) is 8.47. The summed E-state index contributed by atoms with van der Waals surface area (Å²) >= 11 is 0. The number of benzene rings is 1. The summed E-state index contributed by atoms with van der Waals surface area (Å²) in [5.74, 6) is 1.26. The molecule has 1 aliphatic heterocycles. The van der Waals surface area contributed by atoms with E-state index in [0.29, 0.717) is 19.1 Å². The highest BCUT2D eigenvalue weighted by atomic mass is 16.5. The molecule has 0 saturated carbocycles. The van der Waals surface area contributed by atoms with Crippen LogP contribution >= 0.6 is 0 Å². The number of carbonyl (C=O) groups is 2. The van der Waals surface area contributed by atoms with Gasteiger partial charge >= 0.3 is 0 Å². The second-order valence-corrected chi connectivity index (χ2v) is 8.47. The van der Waals surface area contributed by atoms with Gasteiger partial charge in [-0.05, 0) is 70.0 Å². The minimum absolute atomic E-state index is 0.00774. The van der Waals surface area contributed by atoms with Crippen LogP contribution in [-0.4, -0.2) is 55.5 Å². The van der Waals surface area contributed by atoms with Crippen LogP contribution in [0.5, 0.6) is 5.75 Å². The lowest BCUT2D eigenvalue weighted by molar-refractivity contribution is -0.127. The first kappa shape index (κ1) is 24.7. The fraction of sp³-hybridized carbons (Fsp3) is 0.625. The molecule has 1 aliphatic rings. The van der Waals surface area contributed by atoms with Gasteiger partial charge in [0.05, 0.1) is 25.6 Å². The molecular formula is C24H36N4O3. The van der Waals surface area contributed by atoms with Crippen LogP contribution < -0.4 is 15.0 Å². The van der Waals surface area contributed by atoms with Crippen LogP contribution in [0.2, 0.25) is 0 Å². The molecule has 1 fully saturated rings. The normalized spacial score (nSPS) is 15.9. The molecule has 7 heteroatoms. The molecule has 0 spiro atoms. The van der Waals surface area contributed by atoms with Crippen LogP contribution in [0.25, 0.3) is 0 Å². The van der Waals surface area contributed by atoms with Crippen LogP contribution in [0.15, 0.2) is 24.3 Å². The number of hydrogen-bond donors (Lipinski definition) is 1. The van der Waals surface area contributed by atoms with E-state index in [4.69, 9.17) is 10.00 Å². The van der Waals surface area contributed by atoms with Gasteiger partial charge in [0.15, 0.2) is 0 Å². The molecule has 31 heavy (non-hydrogen) atoms. The SMILES string of the molecule is CCOc1ccc(N(CCC#N)C(=O)CN2CCC(C(=O)NC(C)C(C)C)CC2)cc1. The summed E-state index contributed by atoms with van der Waals surface area (Å²) in [6, 6.07) is 9.67. The van der Waals surface area contributed by atoms with E-state index in [1.165, 1.54) is 0 Å². The Bertz CT molecular complexity index is 749. The molecule has 1 atom stereocenters. The molecule has 7 nitrogen and oxygen atoms in total. The van der Waals surface area contributed by atoms with Crippen LogP contribution in [0.1, 0.15) is 47.0 Å². The van der Waals surface area contributed by atoms with Crippen molar-refractivity contribution in [3.05, 3.63) is 24.3 Å². The van der Waals surface area contributed by atoms with Gasteiger partial charge in [0.1, 0.15) is 5.75 Å². The molecule has 2 amide bonds. The summed E-state index contributed by atoms with van der Waals surface area (Å²) in [5.41, 5.74) is 0.764. The number of carbonyl (C=O) groups excluding carboxylic acids is 2. The highest BCUT2D eigenvalue weighted by Gasteiger charge is 2.28. The Morgan fingerprint density at radius 3 is 2.42 bits per heavy atom. The summed E-state index contributed by atoms with van der Waals surface area (Å²) in [6.07, 6.45) is 1.78. The third kappa shape index (κ3) is 7.55. The van der Waals surface area contributed by atoms with Crippen molar-refractivity contribution < 1.29 is 14.3 Å². The maximum atomic E-state index is 13.0. The van der Waals surface area contributed by atoms with Gasteiger partial charge in [-0.25, -0.2) is 0 Å². The molecule has 1 heterocycles. The first-order valence-electron chi connectivity index (χ1n) is 11.3. The van der Waals surface area contributed by atoms with Crippen LogP contribution in [0.3, 0.4) is 0 Å². The minimum Gasteiger partial charge on any atom is -0.494 e. The number of amides is 2. The van der Waals surface area contributed by atoms with E-state index in [2.05, 4.69) is 30.1 Å². The molecule has 0 aromatic heterocycles. The van der Waals surface area contributed by atoms with Gasteiger partial charge in [-0.2, -0.15) is 5.26 Å². The molecule has 170 valence electrons. The zero-order chi connectivity index (χ0) is 22.8. The highest BCUT2D eigenvalue weighted by Crippen LogP contribution is 2.22. The lowest BCUT2D eigenvalue weighted by Crippen LogP contribution is -2.47. The monoisotopic (exact) mass is 428 g/mol. The topological polar surface area (TPSA) is 85.7 Å². The van der Waals surface area contributed by atoms with Gasteiger partial charge < -0.3 is 15.0 Å². The van der Waals surface area contributed by atoms with Crippen molar-refractivity contribution in [3.8, 4) is 11.8 Å². The predicted molar refractivity (Wildman–Crippen MR) is 122 cm³/mol. The number of anilines is 1. The van der Waals surface area contributed by atoms with Gasteiger partial charge in [0.2, 0.25) is 11.8 Å². The average molecular weight is 429 g/mol. The van der Waals surface area contributed by atoms with Crippen molar-refractivity contribution in [2.45, 2.75) is 53.0 Å². The maximum absolute atomic E-state index is 13.0. The van der Waals surface area contributed by atoms with Crippen molar-refractivity contribution in [3.63, 3.8) is 0 Å². The Balaban J connectivity index is 1.92. The smallest absolute Gasteiger partial charge is 0.241 e. The number of nitrogens with one attached hydrogen (secondary N) is 1. The van der Waals surface area contributed by atoms with Crippen molar-refractivity contribution >= 4 is 17.5 Å². The number of likely N-dealkylation sites (tertiary alicyclic amines) is 1. The molecule has 0 bridgehead atoms. The van der Waals surface area contributed by atoms with Crippen molar-refractivity contribution in [1.82, 2.24) is 10.2 Å². The lowest BCUT2D eigenvalue weighted by Gasteiger charge is -2.33. The number of nitriles is 1. The molecule has 1 N–H and O–H groups in total. The molecule has 1 aromatic rings. The van der Waals surface area contributed by atoms with Crippen LogP contribution in [0.4, 0.5) is 5.69 Å². The van der Waals surface area contributed by atoms with E-state index in [0.717, 1.165) is 37.4 Å². The van der Waals surface area contributed by atoms with Gasteiger partial charge in [-0.1, -0.05) is 13.8 Å². The average Bonchev–Trinajstić information content (AvgIpc) is 2.75. The predicted octanol–water partition coefficient (Wildman–Crippen LogP) is 3.20. The number of ether oxygens (including phenoxy) is 1. The van der Waals surface area contributed by atoms with Gasteiger partial charge in [0, 0.05) is 24.2 Å². The zero-order valence-electron chi connectivity index (χ0n) is 19.3. The number of nitrogens with zero attached hydrogens (tertiary/aromatic N) is 3. The van der Waals surface area contributed by atoms with Crippen molar-refractivity contribution in [1.29, 1.82) is 5.26 Å². The molecule has 1 aromatic carbocycles. The molecule has 2 rings (SSSR count). The summed E-state index contributed by atoms with van der Waals surface area (Å²) in [5, 5.41) is 12.1. The Morgan fingerprint density at radius 2 is 1.87 bits per heavy atom. The molecule has 1 saturated heterocycles. The number of piperidine rings is 1. The van der Waals surface area contributed by atoms with Crippen LogP contribution in [0, 0.1) is 23.2 Å². The van der Waals surface area contributed by atoms with Crippen molar-refractivity contribution in [2.75, 3.05) is 37.7 Å². The van der Waals surface area contributed by atoms with E-state index in [1.807, 2.05) is 38.1 Å². The van der Waals surface area contributed by atoms with E-state index < -0.39 is 0 Å². The summed E-state index contributed by atoms with van der Waals surface area (Å²) in [4.78, 5) is 29.3. The maximum Gasteiger partial charge on any atom is 0.241 e. The lowest BCUT2D eigenvalue weighted by atomic mass is 9.95. The first-order chi connectivity index (χ1) is 14.8. The van der Waals surface area contributed by atoms with E-state index in [9.17, 15) is 9.59 Å². The largest absolute Gasteiger partial charge is 0.494 e. The van der Waals surface area contributed by atoms with Crippen LogP contribution in [-0.2, 0) is 9.59 Å². The third-order valence-corrected chi connectivity index (χ3v) is 5.89. The molecular weight excluding hydrogens is 392 g/mol. The number of hydrogen-bond acceptors (Lipinski definition) is 5. The second kappa shape index (κ2) is 12.3. The summed E-state index contributed by atoms with van der Waals surface area (Å²) in [7, 11) is 0. The van der Waals surface area contributed by atoms with Gasteiger partial charge in [-0.15, -0.1) is 0 Å². The fourth-order valence-electron chi connectivity index (χ4n) is 3.59. The molecule has 1 unspecified atom stereocenters.